The van der Waals surface area contributed by atoms with Crippen molar-refractivity contribution in [1.82, 2.24) is 5.32 Å². The molecule has 0 saturated heterocycles. The Morgan fingerprint density at radius 3 is 2.48 bits per heavy atom. The molecule has 0 bridgehead atoms. The average molecular weight is 311 g/mol. The van der Waals surface area contributed by atoms with Gasteiger partial charge in [0.2, 0.25) is 11.3 Å². The summed E-state index contributed by atoms with van der Waals surface area (Å²) in [6, 6.07) is 9.43. The van der Waals surface area contributed by atoms with E-state index in [9.17, 15) is 14.4 Å². The number of hydrogen-bond donors (Lipinski definition) is 1. The van der Waals surface area contributed by atoms with E-state index in [4.69, 9.17) is 4.74 Å². The SMILES string of the molecule is COC(=O)[C@H](OC(C)=O)SCC(=O)NCc1ccccc1. The molecule has 6 nitrogen and oxygen atoms in total. The van der Waals surface area contributed by atoms with Crippen LogP contribution in [0.3, 0.4) is 0 Å². The fraction of sp³-hybridized carbons (Fsp3) is 0.357. The Labute approximate surface area is 127 Å². The average Bonchev–Trinajstić information content (AvgIpc) is 2.49. The van der Waals surface area contributed by atoms with Gasteiger partial charge in [-0.1, -0.05) is 42.1 Å². The minimum absolute atomic E-state index is 0.0140. The van der Waals surface area contributed by atoms with Gasteiger partial charge < -0.3 is 14.8 Å². The summed E-state index contributed by atoms with van der Waals surface area (Å²) in [6.07, 6.45) is 0. The first-order valence-electron chi connectivity index (χ1n) is 6.20. The molecule has 21 heavy (non-hydrogen) atoms. The molecular weight excluding hydrogens is 294 g/mol. The van der Waals surface area contributed by atoms with E-state index in [1.54, 1.807) is 0 Å². The molecule has 0 fully saturated rings. The third-order valence-electron chi connectivity index (χ3n) is 2.36. The largest absolute Gasteiger partial charge is 0.466 e. The first kappa shape index (κ1) is 17.0. The van der Waals surface area contributed by atoms with E-state index in [0.717, 1.165) is 17.3 Å². The van der Waals surface area contributed by atoms with Crippen LogP contribution in [0.25, 0.3) is 0 Å². The molecule has 0 aromatic heterocycles. The fourth-order valence-electron chi connectivity index (χ4n) is 1.40. The first-order chi connectivity index (χ1) is 10.0. The molecule has 1 amide bonds. The Morgan fingerprint density at radius 1 is 1.24 bits per heavy atom. The highest BCUT2D eigenvalue weighted by molar-refractivity contribution is 8.01. The summed E-state index contributed by atoms with van der Waals surface area (Å²) >= 11 is 0.896. The monoisotopic (exact) mass is 311 g/mol. The standard InChI is InChI=1S/C14H17NO5S/c1-10(16)20-14(13(18)19-2)21-9-12(17)15-8-11-6-4-3-5-7-11/h3-7,14H,8-9H2,1-2H3,(H,15,17)/t14-/m1/s1. The van der Waals surface area contributed by atoms with Gasteiger partial charge in [0, 0.05) is 13.5 Å². The van der Waals surface area contributed by atoms with Crippen molar-refractivity contribution in [2.24, 2.45) is 0 Å². The van der Waals surface area contributed by atoms with Crippen molar-refractivity contribution in [2.45, 2.75) is 18.9 Å². The predicted octanol–water partition coefficient (Wildman–Crippen LogP) is 1.10. The Morgan fingerprint density at radius 2 is 1.90 bits per heavy atom. The molecule has 114 valence electrons. The minimum atomic E-state index is -1.13. The number of methoxy groups -OCH3 is 1. The lowest BCUT2D eigenvalue weighted by atomic mass is 10.2. The van der Waals surface area contributed by atoms with Gasteiger partial charge in [0.05, 0.1) is 12.9 Å². The van der Waals surface area contributed by atoms with Gasteiger partial charge in [-0.3, -0.25) is 9.59 Å². The van der Waals surface area contributed by atoms with Crippen molar-refractivity contribution in [3.05, 3.63) is 35.9 Å². The number of carbonyl (C=O) groups excluding carboxylic acids is 3. The van der Waals surface area contributed by atoms with Crippen LogP contribution in [0, 0.1) is 0 Å². The Bertz CT molecular complexity index is 491. The van der Waals surface area contributed by atoms with E-state index < -0.39 is 17.4 Å². The van der Waals surface area contributed by atoms with Gasteiger partial charge in [-0.2, -0.15) is 0 Å². The molecule has 1 aromatic rings. The maximum Gasteiger partial charge on any atom is 0.358 e. The molecular formula is C14H17NO5S. The number of nitrogens with one attached hydrogen (secondary N) is 1. The second kappa shape index (κ2) is 9.02. The topological polar surface area (TPSA) is 81.7 Å². The predicted molar refractivity (Wildman–Crippen MR) is 78.3 cm³/mol. The van der Waals surface area contributed by atoms with Crippen molar-refractivity contribution in [2.75, 3.05) is 12.9 Å². The summed E-state index contributed by atoms with van der Waals surface area (Å²) in [5.74, 6) is -1.58. The molecule has 1 N–H and O–H groups in total. The Balaban J connectivity index is 2.39. The quantitative estimate of drug-likeness (QED) is 0.600. The van der Waals surface area contributed by atoms with Crippen LogP contribution in [-0.4, -0.2) is 36.1 Å². The molecule has 1 aromatic carbocycles. The number of hydrogen-bond acceptors (Lipinski definition) is 6. The fourth-order valence-corrected chi connectivity index (χ4v) is 2.24. The molecule has 1 rings (SSSR count). The molecule has 0 aliphatic rings. The number of esters is 2. The van der Waals surface area contributed by atoms with E-state index in [1.165, 1.54) is 14.0 Å². The smallest absolute Gasteiger partial charge is 0.358 e. The number of benzene rings is 1. The zero-order valence-electron chi connectivity index (χ0n) is 11.8. The van der Waals surface area contributed by atoms with Gasteiger partial charge >= 0.3 is 11.9 Å². The highest BCUT2D eigenvalue weighted by Gasteiger charge is 2.23. The van der Waals surface area contributed by atoms with Gasteiger partial charge in [-0.15, -0.1) is 0 Å². The lowest BCUT2D eigenvalue weighted by molar-refractivity contribution is -0.158. The zero-order chi connectivity index (χ0) is 15.7. The molecule has 1 atom stereocenters. The normalized spacial score (nSPS) is 11.3. The maximum atomic E-state index is 11.7. The van der Waals surface area contributed by atoms with Crippen LogP contribution in [0.1, 0.15) is 12.5 Å². The summed E-state index contributed by atoms with van der Waals surface area (Å²) in [7, 11) is 1.19. The Kier molecular flexibility index (Phi) is 7.31. The summed E-state index contributed by atoms with van der Waals surface area (Å²) in [6.45, 7) is 1.59. The summed E-state index contributed by atoms with van der Waals surface area (Å²) in [5.41, 5.74) is -0.157. The maximum absolute atomic E-state index is 11.7. The van der Waals surface area contributed by atoms with Crippen LogP contribution in [0.2, 0.25) is 0 Å². The van der Waals surface area contributed by atoms with Crippen LogP contribution >= 0.6 is 11.8 Å². The van der Waals surface area contributed by atoms with E-state index in [2.05, 4.69) is 10.1 Å². The number of amides is 1. The van der Waals surface area contributed by atoms with Gasteiger partial charge in [0.15, 0.2) is 0 Å². The minimum Gasteiger partial charge on any atom is -0.466 e. The van der Waals surface area contributed by atoms with Crippen LogP contribution < -0.4 is 5.32 Å². The van der Waals surface area contributed by atoms with Crippen molar-refractivity contribution in [1.29, 1.82) is 0 Å². The van der Waals surface area contributed by atoms with Crippen molar-refractivity contribution in [3.63, 3.8) is 0 Å². The second-order valence-corrected chi connectivity index (χ2v) is 5.09. The summed E-state index contributed by atoms with van der Waals surface area (Å²) < 4.78 is 9.29. The van der Waals surface area contributed by atoms with Crippen LogP contribution in [0.15, 0.2) is 30.3 Å². The van der Waals surface area contributed by atoms with Crippen LogP contribution in [0.5, 0.6) is 0 Å². The van der Waals surface area contributed by atoms with Crippen LogP contribution in [-0.2, 0) is 30.4 Å². The lowest BCUT2D eigenvalue weighted by Crippen LogP contribution is -2.29. The van der Waals surface area contributed by atoms with E-state index >= 15 is 0 Å². The highest BCUT2D eigenvalue weighted by Crippen LogP contribution is 2.14. The van der Waals surface area contributed by atoms with Crippen molar-refractivity contribution in [3.8, 4) is 0 Å². The summed E-state index contributed by atoms with van der Waals surface area (Å²) in [5, 5.41) is 2.71. The molecule has 0 heterocycles. The van der Waals surface area contributed by atoms with E-state index in [-0.39, 0.29) is 11.7 Å². The molecule has 0 spiro atoms. The highest BCUT2D eigenvalue weighted by atomic mass is 32.2. The van der Waals surface area contributed by atoms with Gasteiger partial charge in [-0.05, 0) is 5.56 Å². The second-order valence-electron chi connectivity index (χ2n) is 4.04. The molecule has 0 saturated carbocycles. The molecule has 0 radical (unpaired) electrons. The first-order valence-corrected chi connectivity index (χ1v) is 7.25. The van der Waals surface area contributed by atoms with Gasteiger partial charge in [0.1, 0.15) is 0 Å². The number of ether oxygens (including phenoxy) is 2. The third kappa shape index (κ3) is 6.80. The van der Waals surface area contributed by atoms with Gasteiger partial charge in [-0.25, -0.2) is 4.79 Å². The summed E-state index contributed by atoms with van der Waals surface area (Å²) in [4.78, 5) is 34.0. The number of rotatable bonds is 7. The van der Waals surface area contributed by atoms with E-state index in [0.29, 0.717) is 6.54 Å². The molecule has 7 heteroatoms. The van der Waals surface area contributed by atoms with Crippen LogP contribution in [0.4, 0.5) is 0 Å². The van der Waals surface area contributed by atoms with E-state index in [1.807, 2.05) is 30.3 Å². The lowest BCUT2D eigenvalue weighted by Gasteiger charge is -2.13. The van der Waals surface area contributed by atoms with Gasteiger partial charge in [0.25, 0.3) is 0 Å². The molecule has 0 aliphatic heterocycles. The van der Waals surface area contributed by atoms with Crippen molar-refractivity contribution >= 4 is 29.6 Å². The zero-order valence-corrected chi connectivity index (χ0v) is 12.6. The Hall–Kier alpha value is -2.02. The molecule has 0 aliphatic carbocycles. The number of thioether (sulfide) groups is 1. The van der Waals surface area contributed by atoms with Crippen molar-refractivity contribution < 1.29 is 23.9 Å². The molecule has 0 unspecified atom stereocenters. The number of carbonyl (C=O) groups is 3. The third-order valence-corrected chi connectivity index (χ3v) is 3.39.